The van der Waals surface area contributed by atoms with Crippen LogP contribution in [-0.4, -0.2) is 71.9 Å². The number of carbonyl (C=O) groups excluding carboxylic acids is 3. The maximum absolute atomic E-state index is 12.8. The van der Waals surface area contributed by atoms with E-state index in [1.165, 1.54) is 34.7 Å². The molecule has 1 aromatic carbocycles. The van der Waals surface area contributed by atoms with E-state index in [1.807, 2.05) is 18.2 Å². The summed E-state index contributed by atoms with van der Waals surface area (Å²) in [6.07, 6.45) is 3.81. The Kier molecular flexibility index (Phi) is 6.47. The number of ether oxygens (including phenoxy) is 2. The van der Waals surface area contributed by atoms with Gasteiger partial charge in [0.1, 0.15) is 6.10 Å². The number of methoxy groups -OCH3 is 1. The van der Waals surface area contributed by atoms with E-state index in [4.69, 9.17) is 9.47 Å². The number of rotatable bonds is 6. The molecule has 1 atom stereocenters. The minimum Gasteiger partial charge on any atom is -0.481 e. The molecule has 2 aromatic heterocycles. The second-order valence-electron chi connectivity index (χ2n) is 8.31. The first-order valence-electron chi connectivity index (χ1n) is 11.2. The number of hydrogen-bond donors (Lipinski definition) is 1. The monoisotopic (exact) mass is 505 g/mol. The summed E-state index contributed by atoms with van der Waals surface area (Å²) < 4.78 is 10.7. The van der Waals surface area contributed by atoms with Crippen molar-refractivity contribution in [2.45, 2.75) is 11.0 Å². The van der Waals surface area contributed by atoms with Crippen LogP contribution < -0.4 is 15.0 Å². The normalized spacial score (nSPS) is 17.2. The van der Waals surface area contributed by atoms with Crippen LogP contribution in [0.5, 0.6) is 5.88 Å². The number of likely N-dealkylation sites (N-methyl/N-ethyl adjacent to an activating group) is 1. The van der Waals surface area contributed by atoms with Crippen molar-refractivity contribution in [3.05, 3.63) is 54.2 Å². The second-order valence-corrected chi connectivity index (χ2v) is 9.32. The molecule has 2 aliphatic rings. The number of thioether (sulfide) groups is 1. The first-order chi connectivity index (χ1) is 17.4. The average Bonchev–Trinajstić information content (AvgIpc) is 3.25. The first kappa shape index (κ1) is 23.6. The zero-order chi connectivity index (χ0) is 25.2. The van der Waals surface area contributed by atoms with Gasteiger partial charge in [0.15, 0.2) is 0 Å². The predicted octanol–water partition coefficient (Wildman–Crippen LogP) is 3.18. The Morgan fingerprint density at radius 3 is 3.00 bits per heavy atom. The number of hydrogen-bond acceptors (Lipinski definition) is 8. The fourth-order valence-electron chi connectivity index (χ4n) is 4.03. The van der Waals surface area contributed by atoms with Crippen LogP contribution in [0.3, 0.4) is 0 Å². The van der Waals surface area contributed by atoms with Gasteiger partial charge < -0.3 is 19.7 Å². The van der Waals surface area contributed by atoms with Gasteiger partial charge in [-0.05, 0) is 36.4 Å². The van der Waals surface area contributed by atoms with Gasteiger partial charge in [-0.25, -0.2) is 9.78 Å². The zero-order valence-corrected chi connectivity index (χ0v) is 20.4. The molecular formula is C25H23N5O5S. The zero-order valence-electron chi connectivity index (χ0n) is 19.6. The van der Waals surface area contributed by atoms with E-state index >= 15 is 0 Å². The summed E-state index contributed by atoms with van der Waals surface area (Å²) in [7, 11) is 3.19. The summed E-state index contributed by atoms with van der Waals surface area (Å²) in [5, 5.41) is 2.83. The number of benzene rings is 1. The van der Waals surface area contributed by atoms with Crippen molar-refractivity contribution < 1.29 is 23.9 Å². The summed E-state index contributed by atoms with van der Waals surface area (Å²) in [5.74, 6) is 0.512. The van der Waals surface area contributed by atoms with Crippen LogP contribution in [-0.2, 0) is 14.3 Å². The fourth-order valence-corrected chi connectivity index (χ4v) is 4.81. The van der Waals surface area contributed by atoms with Gasteiger partial charge in [0.2, 0.25) is 17.7 Å². The molecule has 1 fully saturated rings. The number of carbonyl (C=O) groups is 3. The van der Waals surface area contributed by atoms with Gasteiger partial charge >= 0.3 is 6.09 Å². The molecule has 36 heavy (non-hydrogen) atoms. The van der Waals surface area contributed by atoms with Crippen molar-refractivity contribution in [3.63, 3.8) is 0 Å². The van der Waals surface area contributed by atoms with Crippen LogP contribution in [0, 0.1) is 0 Å². The van der Waals surface area contributed by atoms with Gasteiger partial charge in [0.25, 0.3) is 0 Å². The number of nitrogens with zero attached hydrogens (tertiary/aromatic N) is 4. The lowest BCUT2D eigenvalue weighted by molar-refractivity contribution is -0.125. The van der Waals surface area contributed by atoms with Gasteiger partial charge in [-0.2, -0.15) is 0 Å². The van der Waals surface area contributed by atoms with Crippen molar-refractivity contribution in [1.29, 1.82) is 0 Å². The number of cyclic esters (lactones) is 1. The molecule has 0 unspecified atom stereocenters. The Labute approximate surface area is 211 Å². The molecule has 3 amide bonds. The van der Waals surface area contributed by atoms with Crippen LogP contribution in [0.15, 0.2) is 53.6 Å². The van der Waals surface area contributed by atoms with Gasteiger partial charge in [-0.15, -0.1) is 11.8 Å². The predicted molar refractivity (Wildman–Crippen MR) is 136 cm³/mol. The molecule has 11 heteroatoms. The van der Waals surface area contributed by atoms with Crippen molar-refractivity contribution in [3.8, 4) is 5.88 Å². The molecule has 0 spiro atoms. The standard InChI is InChI=1S/C25H23N5O5S/c1-29(23(32)8-3-15-9-10-26-18-5-7-22(34-2)28-24(15)18)12-17-13-30(25(33)35-17)16-4-6-20-19(11-16)27-21(31)14-36-20/h3-11,17H,12-14H2,1-2H3,(H,27,31)/t17-/m1/s1. The van der Waals surface area contributed by atoms with E-state index in [-0.39, 0.29) is 18.4 Å². The molecule has 4 heterocycles. The average molecular weight is 506 g/mol. The highest BCUT2D eigenvalue weighted by molar-refractivity contribution is 8.00. The third kappa shape index (κ3) is 4.82. The number of fused-ring (bicyclic) bond motifs is 2. The van der Waals surface area contributed by atoms with E-state index in [2.05, 4.69) is 15.3 Å². The molecule has 5 rings (SSSR count). The minimum atomic E-state index is -0.493. The van der Waals surface area contributed by atoms with Crippen LogP contribution >= 0.6 is 11.8 Å². The SMILES string of the molecule is COc1ccc2nccc(C=CC(=O)N(C)C[C@@H]3CN(c4ccc5c(c4)NC(=O)CS5)C(=O)O3)c2n1. The Bertz CT molecular complexity index is 1390. The molecule has 0 aliphatic carbocycles. The van der Waals surface area contributed by atoms with Crippen LogP contribution in [0.25, 0.3) is 17.1 Å². The quantitative estimate of drug-likeness (QED) is 0.508. The largest absolute Gasteiger partial charge is 0.481 e. The van der Waals surface area contributed by atoms with Crippen LogP contribution in [0.2, 0.25) is 0 Å². The Morgan fingerprint density at radius 2 is 2.17 bits per heavy atom. The lowest BCUT2D eigenvalue weighted by atomic mass is 10.2. The van der Waals surface area contributed by atoms with Gasteiger partial charge in [0.05, 0.1) is 42.7 Å². The molecule has 184 valence electrons. The van der Waals surface area contributed by atoms with Crippen molar-refractivity contribution >= 4 is 58.2 Å². The molecule has 2 aliphatic heterocycles. The molecule has 0 saturated carbocycles. The molecule has 1 N–H and O–H groups in total. The fraction of sp³-hybridized carbons (Fsp3) is 0.240. The maximum atomic E-state index is 12.8. The Morgan fingerprint density at radius 1 is 1.31 bits per heavy atom. The summed E-state index contributed by atoms with van der Waals surface area (Å²) in [6, 6.07) is 10.8. The van der Waals surface area contributed by atoms with E-state index < -0.39 is 12.2 Å². The highest BCUT2D eigenvalue weighted by Crippen LogP contribution is 2.35. The number of pyridine rings is 2. The molecular weight excluding hydrogens is 482 g/mol. The highest BCUT2D eigenvalue weighted by Gasteiger charge is 2.34. The van der Waals surface area contributed by atoms with E-state index in [1.54, 1.807) is 37.5 Å². The summed E-state index contributed by atoms with van der Waals surface area (Å²) in [5.41, 5.74) is 3.36. The Hall–Kier alpha value is -4.12. The number of anilines is 2. The topological polar surface area (TPSA) is 114 Å². The van der Waals surface area contributed by atoms with Crippen molar-refractivity contribution in [1.82, 2.24) is 14.9 Å². The molecule has 10 nitrogen and oxygen atoms in total. The maximum Gasteiger partial charge on any atom is 0.414 e. The number of nitrogens with one attached hydrogen (secondary N) is 1. The third-order valence-electron chi connectivity index (χ3n) is 5.84. The molecule has 1 saturated heterocycles. The van der Waals surface area contributed by atoms with Crippen molar-refractivity contribution in [2.75, 3.05) is 43.2 Å². The van der Waals surface area contributed by atoms with Crippen LogP contribution in [0.4, 0.5) is 16.2 Å². The van der Waals surface area contributed by atoms with Gasteiger partial charge in [-0.1, -0.05) is 0 Å². The molecule has 3 aromatic rings. The number of aromatic nitrogens is 2. The second kappa shape index (κ2) is 9.86. The number of amides is 3. The summed E-state index contributed by atoms with van der Waals surface area (Å²) in [4.78, 5) is 49.7. The first-order valence-corrected chi connectivity index (χ1v) is 12.2. The Balaban J connectivity index is 1.24. The van der Waals surface area contributed by atoms with E-state index in [9.17, 15) is 14.4 Å². The molecule has 0 bridgehead atoms. The third-order valence-corrected chi connectivity index (χ3v) is 6.91. The van der Waals surface area contributed by atoms with Crippen LogP contribution in [0.1, 0.15) is 5.56 Å². The van der Waals surface area contributed by atoms with Gasteiger partial charge in [0, 0.05) is 41.5 Å². The lowest BCUT2D eigenvalue weighted by Crippen LogP contribution is -2.35. The smallest absolute Gasteiger partial charge is 0.414 e. The van der Waals surface area contributed by atoms with E-state index in [0.29, 0.717) is 40.6 Å². The summed E-state index contributed by atoms with van der Waals surface area (Å²) in [6.45, 7) is 0.519. The molecule has 0 radical (unpaired) electrons. The van der Waals surface area contributed by atoms with E-state index in [0.717, 1.165) is 10.5 Å². The van der Waals surface area contributed by atoms with Gasteiger partial charge in [-0.3, -0.25) is 19.5 Å². The minimum absolute atomic E-state index is 0.0746. The summed E-state index contributed by atoms with van der Waals surface area (Å²) >= 11 is 1.46. The highest BCUT2D eigenvalue weighted by atomic mass is 32.2. The van der Waals surface area contributed by atoms with Crippen molar-refractivity contribution in [2.24, 2.45) is 0 Å². The lowest BCUT2D eigenvalue weighted by Gasteiger charge is -2.20.